The molecule has 0 aliphatic rings. The second kappa shape index (κ2) is 4.83. The Balaban J connectivity index is 2.54. The molecule has 0 spiro atoms. The van der Waals surface area contributed by atoms with E-state index < -0.39 is 0 Å². The molecule has 0 fully saturated rings. The molecule has 0 saturated heterocycles. The molecule has 0 aromatic heterocycles. The first-order valence-corrected chi connectivity index (χ1v) is 5.62. The van der Waals surface area contributed by atoms with Crippen molar-refractivity contribution in [3.8, 4) is 5.75 Å². The average molecular weight is 251 g/mol. The van der Waals surface area contributed by atoms with E-state index in [-0.39, 0.29) is 0 Å². The summed E-state index contributed by atoms with van der Waals surface area (Å²) in [5.74, 6) is 0.870. The molecule has 0 aliphatic heterocycles. The van der Waals surface area contributed by atoms with Gasteiger partial charge in [-0.3, -0.25) is 0 Å². The summed E-state index contributed by atoms with van der Waals surface area (Å²) in [6, 6.07) is 12.3. The molecule has 0 atom stereocenters. The molecule has 0 unspecified atom stereocenters. The Hall–Kier alpha value is -1.09. The maximum absolute atomic E-state index is 5.21. The first kappa shape index (κ1) is 11.4. The van der Waals surface area contributed by atoms with E-state index in [0.29, 0.717) is 0 Å². The van der Waals surface area contributed by atoms with Crippen LogP contribution < -0.4 is 4.74 Å². The Labute approximate surface area is 104 Å². The van der Waals surface area contributed by atoms with Crippen molar-refractivity contribution in [2.24, 2.45) is 0 Å². The van der Waals surface area contributed by atoms with Gasteiger partial charge in [-0.05, 0) is 0 Å². The molecule has 16 heavy (non-hydrogen) atoms. The molecule has 0 aliphatic carbocycles. The summed E-state index contributed by atoms with van der Waals surface area (Å²) in [5, 5.41) is 2.35. The topological polar surface area (TPSA) is 18.5 Å². The van der Waals surface area contributed by atoms with E-state index in [1.54, 1.807) is 14.2 Å². The fraction of sp³-hybridized carbons (Fsp3) is 0.154. The third-order valence-electron chi connectivity index (χ3n) is 2.49. The number of hydrogen-bond donors (Lipinski definition) is 0. The second-order valence-corrected chi connectivity index (χ2v) is 4.07. The van der Waals surface area contributed by atoms with E-state index in [1.807, 2.05) is 18.2 Å². The van der Waals surface area contributed by atoms with Crippen LogP contribution >= 0.6 is 0 Å². The molecule has 0 N–H and O–H groups in total. The molecule has 2 nitrogen and oxygen atoms in total. The monoisotopic (exact) mass is 251 g/mol. The summed E-state index contributed by atoms with van der Waals surface area (Å²) in [6.07, 6.45) is 0. The van der Waals surface area contributed by atoms with Gasteiger partial charge in [0, 0.05) is 0 Å². The van der Waals surface area contributed by atoms with Crippen LogP contribution in [-0.2, 0) is 21.7 Å². The van der Waals surface area contributed by atoms with E-state index in [1.165, 1.54) is 5.39 Å². The van der Waals surface area contributed by atoms with Gasteiger partial charge in [0.05, 0.1) is 0 Å². The van der Waals surface area contributed by atoms with Gasteiger partial charge in [-0.1, -0.05) is 0 Å². The van der Waals surface area contributed by atoms with Crippen LogP contribution in [0.1, 0.15) is 5.56 Å². The molecule has 0 amide bonds. The zero-order chi connectivity index (χ0) is 11.5. The Morgan fingerprint density at radius 3 is 2.44 bits per heavy atom. The number of fused-ring (bicyclic) bond motifs is 1. The molecular weight excluding hydrogens is 239 g/mol. The van der Waals surface area contributed by atoms with Crippen LogP contribution in [0.15, 0.2) is 36.4 Å². The molecule has 0 heterocycles. The van der Waals surface area contributed by atoms with Gasteiger partial charge < -0.3 is 0 Å². The summed E-state index contributed by atoms with van der Waals surface area (Å²) < 4.78 is 11.3. The third-order valence-corrected chi connectivity index (χ3v) is 3.18. The number of methoxy groups -OCH3 is 2. The fourth-order valence-electron chi connectivity index (χ4n) is 1.60. The first-order valence-electron chi connectivity index (χ1n) is 4.92. The van der Waals surface area contributed by atoms with Gasteiger partial charge in [-0.2, -0.15) is 0 Å². The van der Waals surface area contributed by atoms with Crippen LogP contribution in [-0.4, -0.2) is 18.6 Å². The Kier molecular flexibility index (Phi) is 3.44. The number of hydrogen-bond acceptors (Lipinski definition) is 2. The number of benzene rings is 2. The van der Waals surface area contributed by atoms with Crippen molar-refractivity contribution in [1.82, 2.24) is 0 Å². The second-order valence-electron chi connectivity index (χ2n) is 3.44. The van der Waals surface area contributed by atoms with Gasteiger partial charge in [0.2, 0.25) is 0 Å². The van der Waals surface area contributed by atoms with E-state index >= 15 is 0 Å². The van der Waals surface area contributed by atoms with Crippen molar-refractivity contribution in [3.63, 3.8) is 0 Å². The van der Waals surface area contributed by atoms with E-state index in [0.717, 1.165) is 21.1 Å². The molecule has 0 saturated carbocycles. The van der Waals surface area contributed by atoms with Crippen molar-refractivity contribution in [2.45, 2.75) is 0 Å². The zero-order valence-electron chi connectivity index (χ0n) is 9.23. The van der Waals surface area contributed by atoms with Crippen molar-refractivity contribution >= 4 is 15.2 Å². The third kappa shape index (κ3) is 2.19. The predicted molar refractivity (Wildman–Crippen MR) is 61.6 cm³/mol. The van der Waals surface area contributed by atoms with Gasteiger partial charge >= 0.3 is 104 Å². The molecule has 0 bridgehead atoms. The van der Waals surface area contributed by atoms with E-state index in [2.05, 4.69) is 35.2 Å². The molecule has 81 valence electrons. The van der Waals surface area contributed by atoms with Gasteiger partial charge in [0.25, 0.3) is 0 Å². The van der Waals surface area contributed by atoms with Crippen LogP contribution in [0, 0.1) is 0 Å². The first-order chi connectivity index (χ1) is 7.74. The molecule has 2 aromatic carbocycles. The standard InChI is InChI=1S/C13H12O2.V/c1-14-9-10-3-4-11-5-6-13(15-2)8-12(11)7-10;/h3-8H,1-2H3;. The maximum atomic E-state index is 5.21. The molecule has 0 radical (unpaired) electrons. The normalized spacial score (nSPS) is 10.3. The SMILES string of the molecule is CO[C](=[V])c1ccc2ccc(OC)cc2c1. The zero-order valence-corrected chi connectivity index (χ0v) is 10.6. The molecule has 2 aromatic rings. The van der Waals surface area contributed by atoms with Gasteiger partial charge in [0.1, 0.15) is 0 Å². The molecule has 2 rings (SSSR count). The average Bonchev–Trinajstić information content (AvgIpc) is 2.36. The van der Waals surface area contributed by atoms with Crippen LogP contribution in [0.5, 0.6) is 5.75 Å². The van der Waals surface area contributed by atoms with Crippen LogP contribution in [0.4, 0.5) is 0 Å². The Morgan fingerprint density at radius 2 is 1.75 bits per heavy atom. The van der Waals surface area contributed by atoms with E-state index in [4.69, 9.17) is 9.47 Å². The Bertz CT molecular complexity index is 534. The van der Waals surface area contributed by atoms with Crippen molar-refractivity contribution in [1.29, 1.82) is 0 Å². The Morgan fingerprint density at radius 1 is 1.00 bits per heavy atom. The van der Waals surface area contributed by atoms with Crippen molar-refractivity contribution in [2.75, 3.05) is 14.2 Å². The summed E-state index contributed by atoms with van der Waals surface area (Å²) in [6.45, 7) is 0. The number of ether oxygens (including phenoxy) is 2. The summed E-state index contributed by atoms with van der Waals surface area (Å²) in [4.78, 5) is 0. The molecular formula is C13H12O2V. The predicted octanol–water partition coefficient (Wildman–Crippen LogP) is 2.52. The minimum atomic E-state index is 0.859. The number of rotatable bonds is 3. The fourth-order valence-corrected chi connectivity index (χ4v) is 1.82. The van der Waals surface area contributed by atoms with Crippen molar-refractivity contribution < 1.29 is 26.5 Å². The summed E-state index contributed by atoms with van der Waals surface area (Å²) in [7, 11) is 3.35. The van der Waals surface area contributed by atoms with E-state index in [9.17, 15) is 0 Å². The van der Waals surface area contributed by atoms with Crippen molar-refractivity contribution in [3.05, 3.63) is 42.0 Å². The van der Waals surface area contributed by atoms with Gasteiger partial charge in [0.15, 0.2) is 0 Å². The quantitative estimate of drug-likeness (QED) is 0.834. The molecule has 3 heteroatoms. The minimum absolute atomic E-state index is 0.859. The van der Waals surface area contributed by atoms with Crippen LogP contribution in [0.2, 0.25) is 0 Å². The summed E-state index contributed by atoms with van der Waals surface area (Å²) >= 11 is 2.43. The van der Waals surface area contributed by atoms with Gasteiger partial charge in [-0.15, -0.1) is 0 Å². The van der Waals surface area contributed by atoms with Crippen LogP contribution in [0.3, 0.4) is 0 Å². The summed E-state index contributed by atoms with van der Waals surface area (Å²) in [5.41, 5.74) is 1.07. The van der Waals surface area contributed by atoms with Crippen LogP contribution in [0.25, 0.3) is 10.8 Å². The van der Waals surface area contributed by atoms with Gasteiger partial charge in [-0.25, -0.2) is 0 Å².